The van der Waals surface area contributed by atoms with Crippen LogP contribution in [0, 0.1) is 0 Å². The zero-order chi connectivity index (χ0) is 6.62. The van der Waals surface area contributed by atoms with Crippen molar-refractivity contribution in [3.05, 3.63) is 0 Å². The fourth-order valence-corrected chi connectivity index (χ4v) is 0.408. The van der Waals surface area contributed by atoms with Crippen molar-refractivity contribution in [3.8, 4) is 0 Å². The van der Waals surface area contributed by atoms with E-state index in [0.29, 0.717) is 0 Å². The van der Waals surface area contributed by atoms with Crippen molar-refractivity contribution in [2.24, 2.45) is 0 Å². The van der Waals surface area contributed by atoms with E-state index >= 15 is 0 Å². The molecule has 0 aromatic heterocycles. The molecule has 3 N–H and O–H groups in total. The lowest BCUT2D eigenvalue weighted by molar-refractivity contribution is -0.108. The van der Waals surface area contributed by atoms with Crippen LogP contribution < -0.4 is 10.2 Å². The summed E-state index contributed by atoms with van der Waals surface area (Å²) in [5.74, 6) is 0. The number of carbonyl (C=O) groups excluding carboxylic acids is 1. The first-order chi connectivity index (χ1) is 3.62. The van der Waals surface area contributed by atoms with Crippen LogP contribution in [0.1, 0.15) is 0 Å². The van der Waals surface area contributed by atoms with Gasteiger partial charge in [-0.3, -0.25) is 9.88 Å². The Labute approximate surface area is 46.6 Å². The number of hydrogen-bond acceptors (Lipinski definition) is 2. The molecule has 0 aliphatic carbocycles. The van der Waals surface area contributed by atoms with Gasteiger partial charge in [-0.25, -0.2) is 9.65 Å². The largest absolute Gasteiger partial charge is 0.365 e. The fourth-order valence-electron chi connectivity index (χ4n) is 0.136. The van der Waals surface area contributed by atoms with E-state index in [2.05, 4.69) is 0 Å². The molecule has 0 saturated heterocycles. The van der Waals surface area contributed by atoms with Gasteiger partial charge in [0.15, 0.2) is 0 Å². The fraction of sp³-hybridized carbons (Fsp3) is 0.500. The van der Waals surface area contributed by atoms with Crippen LogP contribution in [0.15, 0.2) is 0 Å². The van der Waals surface area contributed by atoms with Gasteiger partial charge < -0.3 is 4.89 Å². The lowest BCUT2D eigenvalue weighted by Crippen LogP contribution is -2.16. The molecule has 0 aromatic carbocycles. The molecule has 0 aliphatic heterocycles. The lowest BCUT2D eigenvalue weighted by Gasteiger charge is -2.04. The van der Waals surface area contributed by atoms with Crippen molar-refractivity contribution in [1.29, 1.82) is 0 Å². The quantitative estimate of drug-likeness (QED) is 0.347. The van der Waals surface area contributed by atoms with Gasteiger partial charge in [-0.05, 0) is 7.05 Å². The van der Waals surface area contributed by atoms with Gasteiger partial charge >= 0.3 is 7.67 Å². The number of carbonyl (C=O) groups is 1. The summed E-state index contributed by atoms with van der Waals surface area (Å²) in [5.41, 5.74) is 0. The standard InChI is InChI=1S/C2H7N2O3P/c1-3-8(6,7)4-2-5/h2H,1H3,(H3,3,4,5,6,7). The molecule has 48 valence electrons. The molecule has 5 nitrogen and oxygen atoms in total. The first-order valence-corrected chi connectivity index (χ1v) is 3.51. The second-order valence-electron chi connectivity index (χ2n) is 1.05. The third kappa shape index (κ3) is 2.74. The van der Waals surface area contributed by atoms with Crippen molar-refractivity contribution < 1.29 is 14.3 Å². The second kappa shape index (κ2) is 2.81. The van der Waals surface area contributed by atoms with Crippen LogP contribution in [0.2, 0.25) is 0 Å². The van der Waals surface area contributed by atoms with Gasteiger partial charge in [0, 0.05) is 0 Å². The highest BCUT2D eigenvalue weighted by Gasteiger charge is 2.10. The van der Waals surface area contributed by atoms with Gasteiger partial charge in [0.25, 0.3) is 0 Å². The molecule has 0 fully saturated rings. The summed E-state index contributed by atoms with van der Waals surface area (Å²) in [6.07, 6.45) is 0.164. The number of amides is 1. The summed E-state index contributed by atoms with van der Waals surface area (Å²) in [5, 5.41) is 3.70. The van der Waals surface area contributed by atoms with Gasteiger partial charge in [-0.2, -0.15) is 0 Å². The van der Waals surface area contributed by atoms with Crippen LogP contribution in [-0.4, -0.2) is 18.4 Å². The first-order valence-electron chi connectivity index (χ1n) is 1.85. The molecular weight excluding hydrogens is 131 g/mol. The highest BCUT2D eigenvalue weighted by molar-refractivity contribution is 7.54. The maximum atomic E-state index is 10.3. The third-order valence-corrected chi connectivity index (χ3v) is 1.59. The van der Waals surface area contributed by atoms with Crippen LogP contribution in [0.4, 0.5) is 0 Å². The Balaban J connectivity index is 3.72. The molecule has 1 atom stereocenters. The SMILES string of the molecule is CNP(=O)(O)NC=O. The van der Waals surface area contributed by atoms with Gasteiger partial charge in [-0.1, -0.05) is 0 Å². The van der Waals surface area contributed by atoms with Crippen molar-refractivity contribution in [2.75, 3.05) is 7.05 Å². The third-order valence-electron chi connectivity index (χ3n) is 0.531. The molecule has 0 bridgehead atoms. The van der Waals surface area contributed by atoms with Gasteiger partial charge in [-0.15, -0.1) is 0 Å². The minimum absolute atomic E-state index is 0.164. The predicted octanol–water partition coefficient (Wildman–Crippen LogP) is -0.948. The molecule has 0 heterocycles. The van der Waals surface area contributed by atoms with Crippen molar-refractivity contribution in [3.63, 3.8) is 0 Å². The molecule has 0 radical (unpaired) electrons. The number of rotatable bonds is 3. The van der Waals surface area contributed by atoms with Crippen molar-refractivity contribution in [2.45, 2.75) is 0 Å². The summed E-state index contributed by atoms with van der Waals surface area (Å²) in [6, 6.07) is 0. The smallest absolute Gasteiger partial charge is 0.318 e. The number of hydrogen-bond donors (Lipinski definition) is 3. The molecule has 0 rings (SSSR count). The first kappa shape index (κ1) is 7.62. The van der Waals surface area contributed by atoms with E-state index in [-0.39, 0.29) is 6.41 Å². The van der Waals surface area contributed by atoms with E-state index < -0.39 is 7.67 Å². The Hall–Kier alpha value is -0.380. The Kier molecular flexibility index (Phi) is 2.68. The van der Waals surface area contributed by atoms with Crippen LogP contribution in [0.25, 0.3) is 0 Å². The molecule has 0 aromatic rings. The monoisotopic (exact) mass is 138 g/mol. The lowest BCUT2D eigenvalue weighted by atomic mass is 11.5. The van der Waals surface area contributed by atoms with E-state index in [0.717, 1.165) is 0 Å². The van der Waals surface area contributed by atoms with Gasteiger partial charge in [0.2, 0.25) is 6.41 Å². The van der Waals surface area contributed by atoms with E-state index in [1.807, 2.05) is 5.09 Å². The Morgan fingerprint density at radius 1 is 1.75 bits per heavy atom. The van der Waals surface area contributed by atoms with Gasteiger partial charge in [0.05, 0.1) is 0 Å². The second-order valence-corrected chi connectivity index (χ2v) is 2.90. The van der Waals surface area contributed by atoms with Crippen LogP contribution >= 0.6 is 7.67 Å². The molecule has 6 heteroatoms. The van der Waals surface area contributed by atoms with Crippen LogP contribution in [-0.2, 0) is 9.36 Å². The Morgan fingerprint density at radius 3 is 2.38 bits per heavy atom. The van der Waals surface area contributed by atoms with Gasteiger partial charge in [0.1, 0.15) is 0 Å². The maximum absolute atomic E-state index is 10.3. The summed E-state index contributed by atoms with van der Waals surface area (Å²) in [6.45, 7) is 0. The average Bonchev–Trinajstić information content (AvgIpc) is 1.67. The summed E-state index contributed by atoms with van der Waals surface area (Å²) in [4.78, 5) is 17.9. The molecule has 1 amide bonds. The van der Waals surface area contributed by atoms with E-state index in [1.165, 1.54) is 7.05 Å². The minimum atomic E-state index is -3.54. The normalized spacial score (nSPS) is 16.8. The van der Waals surface area contributed by atoms with Crippen LogP contribution in [0.5, 0.6) is 0 Å². The average molecular weight is 138 g/mol. The summed E-state index contributed by atoms with van der Waals surface area (Å²) in [7, 11) is -2.27. The highest BCUT2D eigenvalue weighted by Crippen LogP contribution is 2.25. The molecule has 1 unspecified atom stereocenters. The Bertz CT molecular complexity index is 124. The zero-order valence-corrected chi connectivity index (χ0v) is 5.18. The topological polar surface area (TPSA) is 78.4 Å². The van der Waals surface area contributed by atoms with E-state index in [9.17, 15) is 9.36 Å². The number of nitrogens with one attached hydrogen (secondary N) is 2. The van der Waals surface area contributed by atoms with E-state index in [4.69, 9.17) is 4.89 Å². The molecule has 0 spiro atoms. The predicted molar refractivity (Wildman–Crippen MR) is 28.1 cm³/mol. The molecular formula is C2H7N2O3P. The summed E-state index contributed by atoms with van der Waals surface area (Å²) >= 11 is 0. The zero-order valence-electron chi connectivity index (χ0n) is 4.29. The van der Waals surface area contributed by atoms with Crippen molar-refractivity contribution >= 4 is 14.1 Å². The molecule has 8 heavy (non-hydrogen) atoms. The molecule has 0 aliphatic rings. The molecule has 0 saturated carbocycles. The Morgan fingerprint density at radius 2 is 2.25 bits per heavy atom. The van der Waals surface area contributed by atoms with Crippen LogP contribution in [0.3, 0.4) is 0 Å². The van der Waals surface area contributed by atoms with E-state index in [1.54, 1.807) is 5.09 Å². The minimum Gasteiger partial charge on any atom is -0.318 e. The highest BCUT2D eigenvalue weighted by atomic mass is 31.2. The van der Waals surface area contributed by atoms with Crippen molar-refractivity contribution in [1.82, 2.24) is 10.2 Å². The summed E-state index contributed by atoms with van der Waals surface area (Å²) < 4.78 is 10.3. The maximum Gasteiger partial charge on any atom is 0.365 e.